The van der Waals surface area contributed by atoms with Gasteiger partial charge in [-0.25, -0.2) is 9.18 Å². The number of hydrogen-bond donors (Lipinski definition) is 1. The Bertz CT molecular complexity index is 609. The number of halogens is 2. The van der Waals surface area contributed by atoms with Crippen molar-refractivity contribution in [3.05, 3.63) is 34.7 Å². The molecule has 1 N–H and O–H groups in total. The van der Waals surface area contributed by atoms with E-state index in [1.807, 2.05) is 0 Å². The fraction of sp³-hybridized carbons (Fsp3) is 0.250. The molecule has 1 heterocycles. The topological polar surface area (TPSA) is 51.5 Å². The summed E-state index contributed by atoms with van der Waals surface area (Å²) in [5.41, 5.74) is 0.110. The Labute approximate surface area is 108 Å². The Morgan fingerprint density at radius 1 is 1.56 bits per heavy atom. The number of carbonyl (C=O) groups is 1. The number of fused-ring (bicyclic) bond motifs is 1. The molecule has 0 aliphatic heterocycles. The van der Waals surface area contributed by atoms with E-state index < -0.39 is 11.8 Å². The van der Waals surface area contributed by atoms with Crippen LogP contribution in [0.25, 0.3) is 10.9 Å². The van der Waals surface area contributed by atoms with Gasteiger partial charge in [-0.2, -0.15) is 0 Å². The standard InChI is InChI=1S/C12H11ClFNO3/c1-18-6-5-15-10-7(3-2-4-8(10)14)9(11(15)13)12(16)17/h2-4H,5-6H2,1H3,(H,16,17). The second-order valence-electron chi connectivity index (χ2n) is 3.75. The summed E-state index contributed by atoms with van der Waals surface area (Å²) in [6.45, 7) is 0.608. The summed E-state index contributed by atoms with van der Waals surface area (Å²) < 4.78 is 20.1. The predicted molar refractivity (Wildman–Crippen MR) is 65.7 cm³/mol. The lowest BCUT2D eigenvalue weighted by molar-refractivity contribution is 0.0699. The molecule has 0 atom stereocenters. The second kappa shape index (κ2) is 4.96. The molecule has 0 aliphatic rings. The average Bonchev–Trinajstić information content (AvgIpc) is 2.60. The Kier molecular flexibility index (Phi) is 3.54. The van der Waals surface area contributed by atoms with Crippen LogP contribution in [0.4, 0.5) is 4.39 Å². The molecule has 1 aromatic carbocycles. The van der Waals surface area contributed by atoms with E-state index in [0.29, 0.717) is 18.5 Å². The van der Waals surface area contributed by atoms with Crippen LogP contribution in [0.1, 0.15) is 10.4 Å². The van der Waals surface area contributed by atoms with Crippen molar-refractivity contribution >= 4 is 28.5 Å². The molecule has 0 saturated heterocycles. The van der Waals surface area contributed by atoms with Crippen LogP contribution in [0.3, 0.4) is 0 Å². The Hall–Kier alpha value is -1.59. The van der Waals surface area contributed by atoms with Crippen LogP contribution in [0.5, 0.6) is 0 Å². The van der Waals surface area contributed by atoms with Crippen molar-refractivity contribution < 1.29 is 19.0 Å². The zero-order valence-electron chi connectivity index (χ0n) is 9.61. The largest absolute Gasteiger partial charge is 0.478 e. The SMILES string of the molecule is COCCn1c(Cl)c(C(=O)O)c2cccc(F)c21. The molecule has 4 nitrogen and oxygen atoms in total. The fourth-order valence-electron chi connectivity index (χ4n) is 1.93. The molecule has 96 valence electrons. The van der Waals surface area contributed by atoms with E-state index in [4.69, 9.17) is 21.4 Å². The molecule has 0 radical (unpaired) electrons. The van der Waals surface area contributed by atoms with Crippen LogP contribution in [0.15, 0.2) is 18.2 Å². The molecular weight excluding hydrogens is 261 g/mol. The molecule has 6 heteroatoms. The Balaban J connectivity index is 2.75. The lowest BCUT2D eigenvalue weighted by Crippen LogP contribution is -2.05. The summed E-state index contributed by atoms with van der Waals surface area (Å²) in [4.78, 5) is 11.2. The lowest BCUT2D eigenvalue weighted by Gasteiger charge is -2.06. The van der Waals surface area contributed by atoms with Gasteiger partial charge >= 0.3 is 5.97 Å². The van der Waals surface area contributed by atoms with Crippen molar-refractivity contribution in [2.75, 3.05) is 13.7 Å². The summed E-state index contributed by atoms with van der Waals surface area (Å²) >= 11 is 6.01. The van der Waals surface area contributed by atoms with Gasteiger partial charge < -0.3 is 14.4 Å². The minimum atomic E-state index is -1.17. The van der Waals surface area contributed by atoms with Gasteiger partial charge in [-0.05, 0) is 6.07 Å². The third-order valence-corrected chi connectivity index (χ3v) is 3.10. The van der Waals surface area contributed by atoms with E-state index >= 15 is 0 Å². The van der Waals surface area contributed by atoms with Gasteiger partial charge in [-0.15, -0.1) is 0 Å². The molecule has 0 fully saturated rings. The molecule has 1 aromatic heterocycles. The number of aromatic nitrogens is 1. The summed E-state index contributed by atoms with van der Waals surface area (Å²) in [7, 11) is 1.51. The summed E-state index contributed by atoms with van der Waals surface area (Å²) in [6.07, 6.45) is 0. The lowest BCUT2D eigenvalue weighted by atomic mass is 10.2. The quantitative estimate of drug-likeness (QED) is 0.930. The second-order valence-corrected chi connectivity index (χ2v) is 4.11. The number of methoxy groups -OCH3 is 1. The highest BCUT2D eigenvalue weighted by Gasteiger charge is 2.22. The highest BCUT2D eigenvalue weighted by Crippen LogP contribution is 2.31. The third-order valence-electron chi connectivity index (χ3n) is 2.70. The van der Waals surface area contributed by atoms with Gasteiger partial charge in [0.25, 0.3) is 0 Å². The van der Waals surface area contributed by atoms with Crippen molar-refractivity contribution in [2.24, 2.45) is 0 Å². The monoisotopic (exact) mass is 271 g/mol. The Morgan fingerprint density at radius 2 is 2.28 bits per heavy atom. The smallest absolute Gasteiger partial charge is 0.339 e. The zero-order valence-corrected chi connectivity index (χ0v) is 10.4. The highest BCUT2D eigenvalue weighted by molar-refractivity contribution is 6.35. The number of benzene rings is 1. The van der Waals surface area contributed by atoms with Crippen LogP contribution >= 0.6 is 11.6 Å². The zero-order chi connectivity index (χ0) is 13.3. The molecule has 0 amide bonds. The minimum absolute atomic E-state index is 0.0136. The van der Waals surface area contributed by atoms with Crippen molar-refractivity contribution in [1.29, 1.82) is 0 Å². The van der Waals surface area contributed by atoms with Crippen molar-refractivity contribution in [3.63, 3.8) is 0 Å². The molecule has 0 unspecified atom stereocenters. The molecule has 0 bridgehead atoms. The number of hydrogen-bond acceptors (Lipinski definition) is 2. The first-order valence-corrected chi connectivity index (χ1v) is 5.64. The van der Waals surface area contributed by atoms with Gasteiger partial charge in [0, 0.05) is 19.0 Å². The van der Waals surface area contributed by atoms with Crippen LogP contribution in [0.2, 0.25) is 5.15 Å². The number of ether oxygens (including phenoxy) is 1. The summed E-state index contributed by atoms with van der Waals surface area (Å²) in [5.74, 6) is -1.68. The van der Waals surface area contributed by atoms with E-state index in [2.05, 4.69) is 0 Å². The molecule has 0 saturated carbocycles. The molecule has 18 heavy (non-hydrogen) atoms. The van der Waals surface area contributed by atoms with Gasteiger partial charge in [0.15, 0.2) is 0 Å². The first-order valence-electron chi connectivity index (χ1n) is 5.26. The number of carboxylic acids is 1. The van der Waals surface area contributed by atoms with Gasteiger partial charge in [0.1, 0.15) is 16.5 Å². The molecule has 0 aliphatic carbocycles. The van der Waals surface area contributed by atoms with Crippen LogP contribution < -0.4 is 0 Å². The maximum Gasteiger partial charge on any atom is 0.339 e. The third kappa shape index (κ3) is 1.95. The van der Waals surface area contributed by atoms with E-state index in [1.54, 1.807) is 0 Å². The number of rotatable bonds is 4. The first kappa shape index (κ1) is 12.9. The molecule has 2 aromatic rings. The van der Waals surface area contributed by atoms with Crippen LogP contribution in [-0.2, 0) is 11.3 Å². The van der Waals surface area contributed by atoms with Gasteiger partial charge in [-0.1, -0.05) is 23.7 Å². The number of carboxylic acid groups (broad SMARTS) is 1. The maximum atomic E-state index is 13.8. The van der Waals surface area contributed by atoms with E-state index in [-0.39, 0.29) is 16.2 Å². The highest BCUT2D eigenvalue weighted by atomic mass is 35.5. The average molecular weight is 272 g/mol. The van der Waals surface area contributed by atoms with Gasteiger partial charge in [0.05, 0.1) is 12.1 Å². The van der Waals surface area contributed by atoms with Gasteiger partial charge in [-0.3, -0.25) is 0 Å². The summed E-state index contributed by atoms with van der Waals surface area (Å²) in [6, 6.07) is 4.27. The molecule has 0 spiro atoms. The number of aromatic carboxylic acids is 1. The minimum Gasteiger partial charge on any atom is -0.478 e. The van der Waals surface area contributed by atoms with E-state index in [1.165, 1.54) is 29.9 Å². The number of para-hydroxylation sites is 1. The van der Waals surface area contributed by atoms with Gasteiger partial charge in [0.2, 0.25) is 0 Å². The predicted octanol–water partition coefficient (Wildman–Crippen LogP) is 2.78. The van der Waals surface area contributed by atoms with E-state index in [9.17, 15) is 9.18 Å². The molecular formula is C12H11ClFNO3. The normalized spacial score (nSPS) is 11.1. The van der Waals surface area contributed by atoms with Crippen molar-refractivity contribution in [1.82, 2.24) is 4.57 Å². The Morgan fingerprint density at radius 3 is 2.89 bits per heavy atom. The maximum absolute atomic E-state index is 13.8. The van der Waals surface area contributed by atoms with Crippen molar-refractivity contribution in [2.45, 2.75) is 6.54 Å². The molecule has 2 rings (SSSR count). The first-order chi connectivity index (χ1) is 8.57. The summed E-state index contributed by atoms with van der Waals surface area (Å²) in [5, 5.41) is 9.45. The fourth-order valence-corrected chi connectivity index (χ4v) is 2.28. The van der Waals surface area contributed by atoms with Crippen LogP contribution in [-0.4, -0.2) is 29.4 Å². The number of nitrogens with zero attached hydrogens (tertiary/aromatic N) is 1. The van der Waals surface area contributed by atoms with E-state index in [0.717, 1.165) is 0 Å². The van der Waals surface area contributed by atoms with Crippen LogP contribution in [0, 0.1) is 5.82 Å². The van der Waals surface area contributed by atoms with Crippen molar-refractivity contribution in [3.8, 4) is 0 Å².